The van der Waals surface area contributed by atoms with Crippen molar-refractivity contribution in [3.63, 3.8) is 0 Å². The van der Waals surface area contributed by atoms with Crippen molar-refractivity contribution < 1.29 is 34.0 Å². The second-order valence-electron chi connectivity index (χ2n) is 17.0. The van der Waals surface area contributed by atoms with Crippen LogP contribution in [0.15, 0.2) is 103 Å². The van der Waals surface area contributed by atoms with Gasteiger partial charge in [0, 0.05) is 29.7 Å². The van der Waals surface area contributed by atoms with Crippen molar-refractivity contribution in [1.29, 1.82) is 0 Å². The molecule has 0 spiro atoms. The smallest absolute Gasteiger partial charge is 0.227 e. The number of aliphatic hydroxyl groups excluding tert-OH is 1. The molecule has 8 nitrogen and oxygen atoms in total. The van der Waals surface area contributed by atoms with E-state index in [1.54, 1.807) is 14.2 Å². The zero-order valence-electron chi connectivity index (χ0n) is 34.5. The van der Waals surface area contributed by atoms with Gasteiger partial charge in [0.1, 0.15) is 0 Å². The molecular formula is C50H59NO7. The number of allylic oxidation sites excluding steroid dienone is 2. The highest BCUT2D eigenvalue weighted by molar-refractivity contribution is 6.10. The number of carbonyl (C=O) groups is 2. The van der Waals surface area contributed by atoms with E-state index in [-0.39, 0.29) is 36.7 Å². The van der Waals surface area contributed by atoms with E-state index in [2.05, 4.69) is 44.2 Å². The lowest BCUT2D eigenvalue weighted by Crippen LogP contribution is -2.55. The van der Waals surface area contributed by atoms with Gasteiger partial charge in [-0.1, -0.05) is 91.4 Å². The van der Waals surface area contributed by atoms with Gasteiger partial charge in [-0.15, -0.1) is 0 Å². The van der Waals surface area contributed by atoms with Crippen molar-refractivity contribution in [3.8, 4) is 22.6 Å². The van der Waals surface area contributed by atoms with Crippen molar-refractivity contribution in [1.82, 2.24) is 4.90 Å². The normalized spacial score (nSPS) is 24.7. The molecular weight excluding hydrogens is 727 g/mol. The van der Waals surface area contributed by atoms with E-state index in [4.69, 9.17) is 14.2 Å². The Bertz CT molecular complexity index is 2090. The third-order valence-electron chi connectivity index (χ3n) is 13.2. The average molecular weight is 786 g/mol. The molecule has 2 bridgehead atoms. The molecule has 3 aliphatic carbocycles. The van der Waals surface area contributed by atoms with E-state index in [0.29, 0.717) is 67.9 Å². The van der Waals surface area contributed by atoms with Crippen molar-refractivity contribution in [2.75, 3.05) is 33.9 Å². The number of ether oxygens (including phenoxy) is 3. The monoisotopic (exact) mass is 785 g/mol. The number of aliphatic hydroxyl groups is 2. The number of amides is 1. The Balaban J connectivity index is 1.25. The quantitative estimate of drug-likeness (QED) is 0.116. The van der Waals surface area contributed by atoms with Gasteiger partial charge in [-0.2, -0.15) is 0 Å². The minimum atomic E-state index is -1.26. The molecule has 8 heteroatoms. The Labute approximate surface area is 343 Å². The summed E-state index contributed by atoms with van der Waals surface area (Å²) in [5.74, 6) is 0.832. The van der Waals surface area contributed by atoms with E-state index in [1.807, 2.05) is 71.6 Å². The van der Waals surface area contributed by atoms with Crippen LogP contribution >= 0.6 is 0 Å². The van der Waals surface area contributed by atoms with Crippen LogP contribution in [-0.2, 0) is 22.4 Å². The first kappa shape index (κ1) is 41.4. The molecule has 1 heterocycles. The van der Waals surface area contributed by atoms with Crippen LogP contribution in [0.2, 0.25) is 0 Å². The number of fused-ring (bicyclic) bond motifs is 8. The van der Waals surface area contributed by atoms with Crippen LogP contribution in [0.1, 0.15) is 104 Å². The van der Waals surface area contributed by atoms with Crippen LogP contribution in [0.25, 0.3) is 11.1 Å². The average Bonchev–Trinajstić information content (AvgIpc) is 3.84. The van der Waals surface area contributed by atoms with Gasteiger partial charge >= 0.3 is 0 Å². The number of methoxy groups -OCH3 is 2. The lowest BCUT2D eigenvalue weighted by Gasteiger charge is -2.46. The second-order valence-corrected chi connectivity index (χ2v) is 17.0. The minimum Gasteiger partial charge on any atom is -0.493 e. The van der Waals surface area contributed by atoms with E-state index >= 15 is 0 Å². The molecule has 4 aromatic carbocycles. The molecule has 8 rings (SSSR count). The topological polar surface area (TPSA) is 106 Å². The van der Waals surface area contributed by atoms with Crippen LogP contribution < -0.4 is 9.47 Å². The molecule has 1 saturated carbocycles. The highest BCUT2D eigenvalue weighted by atomic mass is 16.5. The van der Waals surface area contributed by atoms with Crippen molar-refractivity contribution in [2.24, 2.45) is 5.41 Å². The lowest BCUT2D eigenvalue weighted by molar-refractivity contribution is -0.141. The van der Waals surface area contributed by atoms with Gasteiger partial charge in [-0.05, 0) is 117 Å². The van der Waals surface area contributed by atoms with Gasteiger partial charge in [0.2, 0.25) is 5.91 Å². The first-order valence-corrected chi connectivity index (χ1v) is 21.0. The summed E-state index contributed by atoms with van der Waals surface area (Å²) in [7, 11) is 3.17. The first-order valence-electron chi connectivity index (χ1n) is 21.0. The molecule has 4 aliphatic rings. The summed E-state index contributed by atoms with van der Waals surface area (Å²) in [6.45, 7) is 5.50. The summed E-state index contributed by atoms with van der Waals surface area (Å²) in [6, 6.07) is 29.6. The third kappa shape index (κ3) is 8.95. The van der Waals surface area contributed by atoms with E-state index < -0.39 is 17.1 Å². The molecule has 0 radical (unpaired) electrons. The summed E-state index contributed by atoms with van der Waals surface area (Å²) >= 11 is 0. The van der Waals surface area contributed by atoms with Crippen molar-refractivity contribution >= 4 is 11.7 Å². The van der Waals surface area contributed by atoms with E-state index in [1.165, 1.54) is 5.57 Å². The summed E-state index contributed by atoms with van der Waals surface area (Å²) in [4.78, 5) is 31.0. The molecule has 5 atom stereocenters. The second kappa shape index (κ2) is 18.0. The first-order chi connectivity index (χ1) is 28.0. The van der Waals surface area contributed by atoms with Gasteiger partial charge in [0.05, 0.1) is 45.0 Å². The minimum absolute atomic E-state index is 0.0725. The fraction of sp³-hybridized carbons (Fsp3) is 0.440. The molecule has 1 amide bonds. The zero-order valence-corrected chi connectivity index (χ0v) is 34.5. The van der Waals surface area contributed by atoms with Crippen LogP contribution in [0.5, 0.6) is 11.5 Å². The van der Waals surface area contributed by atoms with Gasteiger partial charge in [-0.3, -0.25) is 9.59 Å². The Morgan fingerprint density at radius 3 is 2.36 bits per heavy atom. The molecule has 2 fully saturated rings. The maximum Gasteiger partial charge on any atom is 0.227 e. The van der Waals surface area contributed by atoms with E-state index in [9.17, 15) is 19.8 Å². The maximum atomic E-state index is 14.7. The van der Waals surface area contributed by atoms with Crippen molar-refractivity contribution in [3.05, 3.63) is 130 Å². The summed E-state index contributed by atoms with van der Waals surface area (Å²) in [5.41, 5.74) is 5.21. The van der Waals surface area contributed by atoms with Crippen LogP contribution in [0, 0.1) is 5.41 Å². The molecule has 1 saturated heterocycles. The highest BCUT2D eigenvalue weighted by Gasteiger charge is 2.57. The third-order valence-corrected chi connectivity index (χ3v) is 13.2. The van der Waals surface area contributed by atoms with Crippen LogP contribution in [0.3, 0.4) is 0 Å². The van der Waals surface area contributed by atoms with Gasteiger partial charge < -0.3 is 29.3 Å². The van der Waals surface area contributed by atoms with E-state index in [0.717, 1.165) is 53.5 Å². The molecule has 0 unspecified atom stereocenters. The van der Waals surface area contributed by atoms with Gasteiger partial charge in [0.25, 0.3) is 0 Å². The molecule has 4 aromatic rings. The summed E-state index contributed by atoms with van der Waals surface area (Å²) in [6.07, 6.45) is 7.92. The molecule has 306 valence electrons. The molecule has 58 heavy (non-hydrogen) atoms. The maximum absolute atomic E-state index is 14.7. The van der Waals surface area contributed by atoms with Crippen LogP contribution in [-0.4, -0.2) is 78.5 Å². The number of rotatable bonds is 11. The molecule has 2 N–H and O–H groups in total. The summed E-state index contributed by atoms with van der Waals surface area (Å²) < 4.78 is 17.1. The van der Waals surface area contributed by atoms with Crippen LogP contribution in [0.4, 0.5) is 0 Å². The number of hydrogen-bond acceptors (Lipinski definition) is 7. The van der Waals surface area contributed by atoms with Gasteiger partial charge in [0.15, 0.2) is 17.3 Å². The largest absolute Gasteiger partial charge is 0.493 e. The lowest BCUT2D eigenvalue weighted by atomic mass is 9.64. The van der Waals surface area contributed by atoms with Gasteiger partial charge in [-0.25, -0.2) is 0 Å². The Kier molecular flexibility index (Phi) is 12.9. The number of carbonyl (C=O) groups excluding carboxylic acids is 2. The number of ketones is 1. The number of hydrogen-bond donors (Lipinski definition) is 2. The zero-order chi connectivity index (χ0) is 40.9. The summed E-state index contributed by atoms with van der Waals surface area (Å²) in [5, 5.41) is 24.3. The molecule has 1 aliphatic heterocycles. The standard InChI is InChI=1S/C50H59NO7/c1-34-10-8-25-49(2)44(24-26-50(49,55)33-51(32-41-13-9-27-58-41)47(53)31-36-16-23-45(56-3)46(30-36)57-4)42-22-15-35(28-40(52)21-14-34)29-43(42)48(54)39-19-17-38(18-20-39)37-11-6-5-7-12-37/h5-7,10-12,15-20,22-23,29-30,40-41,44,52,55H,8-9,13-14,21,24-28,31-33H2,1-4H3/t40-,41+,44-,49-,50+/m0/s1. The Morgan fingerprint density at radius 2 is 1.64 bits per heavy atom. The fourth-order valence-electron chi connectivity index (χ4n) is 9.68. The Morgan fingerprint density at radius 1 is 0.879 bits per heavy atom. The predicted molar refractivity (Wildman–Crippen MR) is 228 cm³/mol. The number of nitrogens with zero attached hydrogens (tertiary/aromatic N) is 1. The fourth-order valence-corrected chi connectivity index (χ4v) is 9.68. The van der Waals surface area contributed by atoms with Crippen molar-refractivity contribution in [2.45, 2.75) is 102 Å². The molecule has 0 aromatic heterocycles. The SMILES string of the molecule is COc1ccc(CC(=O)N(C[C@H]2CCCO2)C[C@]2(O)CC[C@H]3c4ccc(cc4C(=O)c4ccc(-c5ccccc5)cc4)C[C@@H](O)CCC(C)=CCC[C@@]32C)cc1OC. The number of benzene rings is 4. The predicted octanol–water partition coefficient (Wildman–Crippen LogP) is 8.89. The highest BCUT2D eigenvalue weighted by Crippen LogP contribution is 2.59. The Hall–Kier alpha value is -4.76.